The average molecular weight is 378 g/mol. The van der Waals surface area contributed by atoms with E-state index < -0.39 is 11.7 Å². The molecule has 5 heteroatoms. The minimum atomic E-state index is -4.32. The van der Waals surface area contributed by atoms with Crippen molar-refractivity contribution in [3.63, 3.8) is 0 Å². The molecule has 0 aliphatic rings. The van der Waals surface area contributed by atoms with Gasteiger partial charge in [0.05, 0.1) is 9.13 Å². The first-order valence-corrected chi connectivity index (χ1v) is 6.58. The van der Waals surface area contributed by atoms with E-state index in [-0.39, 0.29) is 0 Å². The fourth-order valence-corrected chi connectivity index (χ4v) is 2.20. The molecule has 0 aliphatic carbocycles. The van der Waals surface area contributed by atoms with E-state index in [9.17, 15) is 13.2 Å². The van der Waals surface area contributed by atoms with E-state index in [0.29, 0.717) is 15.9 Å². The Morgan fingerprint density at radius 2 is 1.68 bits per heavy atom. The second-order valence-corrected chi connectivity index (χ2v) is 5.08. The van der Waals surface area contributed by atoms with Gasteiger partial charge in [0.2, 0.25) is 0 Å². The Balaban J connectivity index is 2.10. The van der Waals surface area contributed by atoms with E-state index in [4.69, 9.17) is 4.74 Å². The van der Waals surface area contributed by atoms with Gasteiger partial charge in [0.1, 0.15) is 12.4 Å². The molecule has 0 heterocycles. The second-order valence-electron chi connectivity index (χ2n) is 3.92. The molecule has 0 saturated heterocycles. The quantitative estimate of drug-likeness (QED) is 0.692. The summed E-state index contributed by atoms with van der Waals surface area (Å²) < 4.78 is 43.5. The van der Waals surface area contributed by atoms with Crippen LogP contribution in [0.5, 0.6) is 5.75 Å². The van der Waals surface area contributed by atoms with Gasteiger partial charge in [0.15, 0.2) is 0 Å². The van der Waals surface area contributed by atoms with Crippen LogP contribution in [0.4, 0.5) is 13.2 Å². The normalized spacial score (nSPS) is 11.4. The molecule has 2 aromatic carbocycles. The molecule has 0 bridgehead atoms. The molecule has 2 rings (SSSR count). The number of ether oxygens (including phenoxy) is 1. The van der Waals surface area contributed by atoms with Crippen LogP contribution in [0.25, 0.3) is 0 Å². The Bertz CT molecular complexity index is 552. The van der Waals surface area contributed by atoms with Crippen molar-refractivity contribution < 1.29 is 17.9 Å². The first-order valence-electron chi connectivity index (χ1n) is 5.50. The van der Waals surface area contributed by atoms with Crippen LogP contribution in [0.1, 0.15) is 11.1 Å². The first-order chi connectivity index (χ1) is 8.97. The van der Waals surface area contributed by atoms with Crippen molar-refractivity contribution in [2.45, 2.75) is 12.8 Å². The van der Waals surface area contributed by atoms with E-state index in [1.807, 2.05) is 52.9 Å². The molecule has 2 aromatic rings. The van der Waals surface area contributed by atoms with Crippen LogP contribution >= 0.6 is 22.6 Å². The number of rotatable bonds is 3. The lowest BCUT2D eigenvalue weighted by atomic mass is 10.2. The van der Waals surface area contributed by atoms with Gasteiger partial charge in [0.25, 0.3) is 0 Å². The Hall–Kier alpha value is -1.24. The molecule has 100 valence electrons. The van der Waals surface area contributed by atoms with Crippen LogP contribution in [0, 0.1) is 3.57 Å². The Labute approximate surface area is 122 Å². The summed E-state index contributed by atoms with van der Waals surface area (Å²) in [6, 6.07) is 12.9. The van der Waals surface area contributed by atoms with Crippen molar-refractivity contribution in [2.24, 2.45) is 0 Å². The van der Waals surface area contributed by atoms with Crippen molar-refractivity contribution in [3.8, 4) is 5.75 Å². The van der Waals surface area contributed by atoms with Crippen molar-refractivity contribution >= 4 is 22.6 Å². The van der Waals surface area contributed by atoms with Gasteiger partial charge in [-0.3, -0.25) is 0 Å². The smallest absolute Gasteiger partial charge is 0.416 e. The standard InChI is InChI=1S/C14H10F3IO/c15-14(16,17)11-6-7-13(12(18)8-11)19-9-10-4-2-1-3-5-10/h1-8H,9H2. The van der Waals surface area contributed by atoms with E-state index >= 15 is 0 Å². The van der Waals surface area contributed by atoms with Crippen molar-refractivity contribution in [1.82, 2.24) is 0 Å². The highest BCUT2D eigenvalue weighted by Gasteiger charge is 2.30. The van der Waals surface area contributed by atoms with Gasteiger partial charge in [0, 0.05) is 0 Å². The lowest BCUT2D eigenvalue weighted by Gasteiger charge is -2.11. The van der Waals surface area contributed by atoms with E-state index in [2.05, 4.69) is 0 Å². The molecule has 0 N–H and O–H groups in total. The summed E-state index contributed by atoms with van der Waals surface area (Å²) in [6.45, 7) is 0.336. The summed E-state index contributed by atoms with van der Waals surface area (Å²) in [6.07, 6.45) is -4.32. The van der Waals surface area contributed by atoms with Crippen LogP contribution in [-0.4, -0.2) is 0 Å². The molecule has 0 saturated carbocycles. The van der Waals surface area contributed by atoms with Crippen molar-refractivity contribution in [3.05, 3.63) is 63.2 Å². The summed E-state index contributed by atoms with van der Waals surface area (Å²) in [5, 5.41) is 0. The third-order valence-electron chi connectivity index (χ3n) is 2.50. The van der Waals surface area contributed by atoms with Crippen LogP contribution in [-0.2, 0) is 12.8 Å². The molecular weight excluding hydrogens is 368 g/mol. The highest BCUT2D eigenvalue weighted by molar-refractivity contribution is 14.1. The number of halogens is 4. The van der Waals surface area contributed by atoms with Gasteiger partial charge >= 0.3 is 6.18 Å². The second kappa shape index (κ2) is 5.81. The summed E-state index contributed by atoms with van der Waals surface area (Å²) in [5.41, 5.74) is 0.308. The molecule has 0 aromatic heterocycles. The highest BCUT2D eigenvalue weighted by atomic mass is 127. The fourth-order valence-electron chi connectivity index (χ4n) is 1.53. The van der Waals surface area contributed by atoms with Gasteiger partial charge in [-0.1, -0.05) is 30.3 Å². The number of benzene rings is 2. The molecule has 0 radical (unpaired) electrons. The van der Waals surface area contributed by atoms with Crippen LogP contribution in [0.2, 0.25) is 0 Å². The van der Waals surface area contributed by atoms with E-state index in [0.717, 1.165) is 17.7 Å². The van der Waals surface area contributed by atoms with Crippen molar-refractivity contribution in [2.75, 3.05) is 0 Å². The largest absolute Gasteiger partial charge is 0.488 e. The SMILES string of the molecule is FC(F)(F)c1ccc(OCc2ccccc2)c(I)c1. The van der Waals surface area contributed by atoms with E-state index in [1.54, 1.807) is 0 Å². The summed E-state index contributed by atoms with van der Waals surface area (Å²) >= 11 is 1.84. The van der Waals surface area contributed by atoms with Crippen LogP contribution < -0.4 is 4.74 Å². The predicted molar refractivity (Wildman–Crippen MR) is 74.9 cm³/mol. The van der Waals surface area contributed by atoms with Crippen LogP contribution in [0.3, 0.4) is 0 Å². The Morgan fingerprint density at radius 1 is 1.00 bits per heavy atom. The minimum absolute atomic E-state index is 0.336. The lowest BCUT2D eigenvalue weighted by molar-refractivity contribution is -0.137. The molecular formula is C14H10F3IO. The maximum atomic E-state index is 12.5. The van der Waals surface area contributed by atoms with Gasteiger partial charge in [-0.25, -0.2) is 0 Å². The summed E-state index contributed by atoms with van der Waals surface area (Å²) in [7, 11) is 0. The minimum Gasteiger partial charge on any atom is -0.488 e. The van der Waals surface area contributed by atoms with Crippen molar-refractivity contribution in [1.29, 1.82) is 0 Å². The van der Waals surface area contributed by atoms with Gasteiger partial charge in [-0.15, -0.1) is 0 Å². The third-order valence-corrected chi connectivity index (χ3v) is 3.34. The lowest BCUT2D eigenvalue weighted by Crippen LogP contribution is -2.06. The average Bonchev–Trinajstić information content (AvgIpc) is 2.37. The highest BCUT2D eigenvalue weighted by Crippen LogP contribution is 2.33. The summed E-state index contributed by atoms with van der Waals surface area (Å²) in [5.74, 6) is 0.456. The number of hydrogen-bond acceptors (Lipinski definition) is 1. The fraction of sp³-hybridized carbons (Fsp3) is 0.143. The zero-order chi connectivity index (χ0) is 13.9. The molecule has 0 spiro atoms. The molecule has 0 amide bonds. The monoisotopic (exact) mass is 378 g/mol. The van der Waals surface area contributed by atoms with Gasteiger partial charge in [-0.2, -0.15) is 13.2 Å². The maximum absolute atomic E-state index is 12.5. The van der Waals surface area contributed by atoms with E-state index in [1.165, 1.54) is 6.07 Å². The maximum Gasteiger partial charge on any atom is 0.416 e. The molecule has 19 heavy (non-hydrogen) atoms. The first kappa shape index (κ1) is 14.2. The summed E-state index contributed by atoms with van der Waals surface area (Å²) in [4.78, 5) is 0. The predicted octanol–water partition coefficient (Wildman–Crippen LogP) is 4.89. The zero-order valence-corrected chi connectivity index (χ0v) is 11.9. The molecule has 1 nitrogen and oxygen atoms in total. The number of alkyl halides is 3. The van der Waals surface area contributed by atoms with Crippen LogP contribution in [0.15, 0.2) is 48.5 Å². The Kier molecular flexibility index (Phi) is 4.34. The molecule has 0 unspecified atom stereocenters. The molecule has 0 aliphatic heterocycles. The number of hydrogen-bond donors (Lipinski definition) is 0. The molecule has 0 atom stereocenters. The third kappa shape index (κ3) is 3.86. The zero-order valence-electron chi connectivity index (χ0n) is 9.75. The molecule has 0 fully saturated rings. The Morgan fingerprint density at radius 3 is 2.26 bits per heavy atom. The topological polar surface area (TPSA) is 9.23 Å². The van der Waals surface area contributed by atoms with Gasteiger partial charge in [-0.05, 0) is 46.4 Å². The van der Waals surface area contributed by atoms with Gasteiger partial charge < -0.3 is 4.74 Å².